The lowest BCUT2D eigenvalue weighted by atomic mass is 10.1. The predicted octanol–water partition coefficient (Wildman–Crippen LogP) is 5.56. The van der Waals surface area contributed by atoms with E-state index in [4.69, 9.17) is 16.3 Å². The van der Waals surface area contributed by atoms with Gasteiger partial charge in [0.05, 0.1) is 0 Å². The SMILES string of the molecule is C[C@H](OC(=O)/C=C/c1cc(Br)ccc1F)c1ccccc1Cl. The average molecular weight is 384 g/mol. The summed E-state index contributed by atoms with van der Waals surface area (Å²) in [6.07, 6.45) is 2.08. The minimum Gasteiger partial charge on any atom is -0.455 e. The van der Waals surface area contributed by atoms with E-state index in [1.54, 1.807) is 37.3 Å². The van der Waals surface area contributed by atoms with Crippen molar-refractivity contribution < 1.29 is 13.9 Å². The van der Waals surface area contributed by atoms with Gasteiger partial charge in [0.2, 0.25) is 0 Å². The van der Waals surface area contributed by atoms with E-state index in [9.17, 15) is 9.18 Å². The Bertz CT molecular complexity index is 716. The van der Waals surface area contributed by atoms with Crippen LogP contribution in [0, 0.1) is 5.82 Å². The van der Waals surface area contributed by atoms with Crippen LogP contribution >= 0.6 is 27.5 Å². The summed E-state index contributed by atoms with van der Waals surface area (Å²) in [6, 6.07) is 11.6. The predicted molar refractivity (Wildman–Crippen MR) is 89.1 cm³/mol. The van der Waals surface area contributed by atoms with Gasteiger partial charge in [0, 0.05) is 26.7 Å². The van der Waals surface area contributed by atoms with Crippen molar-refractivity contribution in [3.8, 4) is 0 Å². The van der Waals surface area contributed by atoms with Crippen LogP contribution in [0.3, 0.4) is 0 Å². The van der Waals surface area contributed by atoms with E-state index in [-0.39, 0.29) is 0 Å². The molecule has 22 heavy (non-hydrogen) atoms. The summed E-state index contributed by atoms with van der Waals surface area (Å²) < 4.78 is 19.6. The lowest BCUT2D eigenvalue weighted by Gasteiger charge is -2.13. The van der Waals surface area contributed by atoms with Crippen molar-refractivity contribution >= 4 is 39.6 Å². The molecule has 5 heteroatoms. The maximum Gasteiger partial charge on any atom is 0.331 e. The molecule has 0 unspecified atom stereocenters. The number of halogens is 3. The summed E-state index contributed by atoms with van der Waals surface area (Å²) in [5, 5.41) is 0.532. The molecule has 2 nitrogen and oxygen atoms in total. The summed E-state index contributed by atoms with van der Waals surface area (Å²) in [5.41, 5.74) is 1.02. The molecule has 2 aromatic carbocycles. The first-order chi connectivity index (χ1) is 10.5. The largest absolute Gasteiger partial charge is 0.455 e. The molecule has 2 aromatic rings. The Morgan fingerprint density at radius 1 is 1.32 bits per heavy atom. The number of carbonyl (C=O) groups is 1. The summed E-state index contributed by atoms with van der Waals surface area (Å²) in [6.45, 7) is 1.73. The molecule has 0 aromatic heterocycles. The van der Waals surface area contributed by atoms with Gasteiger partial charge in [-0.2, -0.15) is 0 Å². The Morgan fingerprint density at radius 3 is 2.77 bits per heavy atom. The Labute approximate surface area is 141 Å². The molecule has 0 amide bonds. The maximum atomic E-state index is 13.6. The van der Waals surface area contributed by atoms with Crippen LogP contribution in [0.1, 0.15) is 24.2 Å². The average Bonchev–Trinajstić information content (AvgIpc) is 2.48. The monoisotopic (exact) mass is 382 g/mol. The van der Waals surface area contributed by atoms with E-state index in [1.165, 1.54) is 18.2 Å². The van der Waals surface area contributed by atoms with Crippen LogP contribution in [0.2, 0.25) is 5.02 Å². The molecule has 114 valence electrons. The van der Waals surface area contributed by atoms with Gasteiger partial charge in [-0.1, -0.05) is 45.7 Å². The van der Waals surface area contributed by atoms with Crippen molar-refractivity contribution in [1.29, 1.82) is 0 Å². The van der Waals surface area contributed by atoms with Crippen LogP contribution in [0.25, 0.3) is 6.08 Å². The van der Waals surface area contributed by atoms with E-state index < -0.39 is 17.9 Å². The third kappa shape index (κ3) is 4.42. The second-order valence-corrected chi connectivity index (χ2v) is 5.92. The van der Waals surface area contributed by atoms with Gasteiger partial charge in [-0.25, -0.2) is 9.18 Å². The quantitative estimate of drug-likeness (QED) is 0.510. The molecule has 0 bridgehead atoms. The summed E-state index contributed by atoms with van der Waals surface area (Å²) >= 11 is 9.30. The van der Waals surface area contributed by atoms with Crippen LogP contribution in [0.4, 0.5) is 4.39 Å². The molecule has 0 aliphatic carbocycles. The molecule has 0 heterocycles. The lowest BCUT2D eigenvalue weighted by Crippen LogP contribution is -2.06. The number of hydrogen-bond donors (Lipinski definition) is 0. The number of benzene rings is 2. The highest BCUT2D eigenvalue weighted by Gasteiger charge is 2.12. The van der Waals surface area contributed by atoms with Gasteiger partial charge in [0.25, 0.3) is 0 Å². The molecule has 0 fully saturated rings. The zero-order valence-electron chi connectivity index (χ0n) is 11.7. The van der Waals surface area contributed by atoms with Crippen molar-refractivity contribution in [3.05, 3.63) is 75.0 Å². The van der Waals surface area contributed by atoms with Crippen LogP contribution in [-0.2, 0) is 9.53 Å². The number of esters is 1. The molecule has 0 saturated carbocycles. The van der Waals surface area contributed by atoms with Gasteiger partial charge in [-0.3, -0.25) is 0 Å². The lowest BCUT2D eigenvalue weighted by molar-refractivity contribution is -0.142. The Hall–Kier alpha value is -1.65. The Morgan fingerprint density at radius 2 is 2.05 bits per heavy atom. The molecular weight excluding hydrogens is 371 g/mol. The molecule has 2 rings (SSSR count). The van der Waals surface area contributed by atoms with E-state index in [1.807, 2.05) is 6.07 Å². The fraction of sp³-hybridized carbons (Fsp3) is 0.118. The van der Waals surface area contributed by atoms with Gasteiger partial charge in [0.1, 0.15) is 11.9 Å². The summed E-state index contributed by atoms with van der Waals surface area (Å²) in [7, 11) is 0. The minimum absolute atomic E-state index is 0.303. The standard InChI is InChI=1S/C17H13BrClFO2/c1-11(14-4-2-3-5-15(14)19)22-17(21)9-6-12-10-13(18)7-8-16(12)20/h2-11H,1H3/b9-6+/t11-/m0/s1. The fourth-order valence-electron chi connectivity index (χ4n) is 1.88. The number of carbonyl (C=O) groups excluding carboxylic acids is 1. The van der Waals surface area contributed by atoms with Crippen molar-refractivity contribution in [2.24, 2.45) is 0 Å². The normalized spacial score (nSPS) is 12.4. The third-order valence-corrected chi connectivity index (χ3v) is 3.83. The third-order valence-electron chi connectivity index (χ3n) is 2.99. The van der Waals surface area contributed by atoms with E-state index in [2.05, 4.69) is 15.9 Å². The first-order valence-corrected chi connectivity index (χ1v) is 7.72. The molecule has 0 radical (unpaired) electrons. The molecular formula is C17H13BrClFO2. The van der Waals surface area contributed by atoms with Crippen molar-refractivity contribution in [2.75, 3.05) is 0 Å². The van der Waals surface area contributed by atoms with Gasteiger partial charge < -0.3 is 4.74 Å². The van der Waals surface area contributed by atoms with Gasteiger partial charge >= 0.3 is 5.97 Å². The van der Waals surface area contributed by atoms with Gasteiger partial charge in [-0.05, 0) is 37.3 Å². The van der Waals surface area contributed by atoms with E-state index in [0.29, 0.717) is 10.6 Å². The Kier molecular flexibility index (Phi) is 5.75. The van der Waals surface area contributed by atoms with Crippen LogP contribution in [-0.4, -0.2) is 5.97 Å². The second-order valence-electron chi connectivity index (χ2n) is 4.60. The number of ether oxygens (including phenoxy) is 1. The molecule has 0 spiro atoms. The maximum absolute atomic E-state index is 13.6. The minimum atomic E-state index is -0.563. The molecule has 0 N–H and O–H groups in total. The molecule has 0 aliphatic rings. The zero-order chi connectivity index (χ0) is 16.1. The van der Waals surface area contributed by atoms with Crippen molar-refractivity contribution in [1.82, 2.24) is 0 Å². The van der Waals surface area contributed by atoms with E-state index in [0.717, 1.165) is 10.0 Å². The fourth-order valence-corrected chi connectivity index (χ4v) is 2.55. The topological polar surface area (TPSA) is 26.3 Å². The van der Waals surface area contributed by atoms with E-state index >= 15 is 0 Å². The molecule has 0 aliphatic heterocycles. The molecule has 1 atom stereocenters. The van der Waals surface area contributed by atoms with Crippen LogP contribution < -0.4 is 0 Å². The van der Waals surface area contributed by atoms with Crippen molar-refractivity contribution in [3.63, 3.8) is 0 Å². The smallest absolute Gasteiger partial charge is 0.331 e. The highest BCUT2D eigenvalue weighted by atomic mass is 79.9. The Balaban J connectivity index is 2.05. The molecule has 0 saturated heterocycles. The number of hydrogen-bond acceptors (Lipinski definition) is 2. The second kappa shape index (κ2) is 7.56. The van der Waals surface area contributed by atoms with Gasteiger partial charge in [-0.15, -0.1) is 0 Å². The van der Waals surface area contributed by atoms with Crippen LogP contribution in [0.5, 0.6) is 0 Å². The van der Waals surface area contributed by atoms with Crippen LogP contribution in [0.15, 0.2) is 53.0 Å². The summed E-state index contributed by atoms with van der Waals surface area (Å²) in [5.74, 6) is -0.974. The van der Waals surface area contributed by atoms with Crippen molar-refractivity contribution in [2.45, 2.75) is 13.0 Å². The highest BCUT2D eigenvalue weighted by molar-refractivity contribution is 9.10. The first kappa shape index (κ1) is 16.7. The first-order valence-electron chi connectivity index (χ1n) is 6.55. The number of rotatable bonds is 4. The zero-order valence-corrected chi connectivity index (χ0v) is 14.1. The van der Waals surface area contributed by atoms with Gasteiger partial charge in [0.15, 0.2) is 0 Å². The highest BCUT2D eigenvalue weighted by Crippen LogP contribution is 2.25. The summed E-state index contributed by atoms with van der Waals surface area (Å²) in [4.78, 5) is 11.8.